The van der Waals surface area contributed by atoms with Gasteiger partial charge in [-0.2, -0.15) is 0 Å². The van der Waals surface area contributed by atoms with E-state index in [0.29, 0.717) is 17.2 Å². The molecule has 0 radical (unpaired) electrons. The SMILES string of the molecule is COC(=O)Nc1ccccc1Oc1ccccc1. The van der Waals surface area contributed by atoms with Crippen LogP contribution in [0.1, 0.15) is 0 Å². The second kappa shape index (κ2) is 5.72. The van der Waals surface area contributed by atoms with Crippen molar-refractivity contribution in [2.24, 2.45) is 0 Å². The van der Waals surface area contributed by atoms with Crippen LogP contribution in [0.3, 0.4) is 0 Å². The predicted octanol–water partition coefficient (Wildman–Crippen LogP) is 3.66. The van der Waals surface area contributed by atoms with Gasteiger partial charge in [0.2, 0.25) is 0 Å². The summed E-state index contributed by atoms with van der Waals surface area (Å²) < 4.78 is 10.2. The fourth-order valence-electron chi connectivity index (χ4n) is 1.44. The Labute approximate surface area is 105 Å². The zero-order chi connectivity index (χ0) is 12.8. The zero-order valence-electron chi connectivity index (χ0n) is 9.92. The first-order chi connectivity index (χ1) is 8.79. The van der Waals surface area contributed by atoms with Gasteiger partial charge in [-0.1, -0.05) is 30.3 Å². The molecule has 0 aliphatic rings. The van der Waals surface area contributed by atoms with Gasteiger partial charge in [-0.05, 0) is 24.3 Å². The lowest BCUT2D eigenvalue weighted by Gasteiger charge is -2.11. The van der Waals surface area contributed by atoms with E-state index in [0.717, 1.165) is 0 Å². The average molecular weight is 243 g/mol. The molecule has 1 N–H and O–H groups in total. The van der Waals surface area contributed by atoms with Crippen LogP contribution in [-0.2, 0) is 4.74 Å². The van der Waals surface area contributed by atoms with Crippen molar-refractivity contribution in [3.05, 3.63) is 54.6 Å². The zero-order valence-corrected chi connectivity index (χ0v) is 9.92. The molecule has 0 spiro atoms. The highest BCUT2D eigenvalue weighted by Crippen LogP contribution is 2.28. The van der Waals surface area contributed by atoms with Crippen molar-refractivity contribution in [3.8, 4) is 11.5 Å². The lowest BCUT2D eigenvalue weighted by atomic mass is 10.3. The standard InChI is InChI=1S/C14H13NO3/c1-17-14(16)15-12-9-5-6-10-13(12)18-11-7-3-2-4-8-11/h2-10H,1H3,(H,15,16). The van der Waals surface area contributed by atoms with Crippen LogP contribution >= 0.6 is 0 Å². The highest BCUT2D eigenvalue weighted by atomic mass is 16.5. The third kappa shape index (κ3) is 3.01. The van der Waals surface area contributed by atoms with E-state index >= 15 is 0 Å². The maximum Gasteiger partial charge on any atom is 0.411 e. The lowest BCUT2D eigenvalue weighted by molar-refractivity contribution is 0.187. The highest BCUT2D eigenvalue weighted by Gasteiger charge is 2.07. The van der Waals surface area contributed by atoms with Crippen molar-refractivity contribution >= 4 is 11.8 Å². The number of hydrogen-bond acceptors (Lipinski definition) is 3. The summed E-state index contributed by atoms with van der Waals surface area (Å²) in [7, 11) is 1.32. The number of carbonyl (C=O) groups excluding carboxylic acids is 1. The molecule has 1 amide bonds. The molecule has 0 unspecified atom stereocenters. The fourth-order valence-corrected chi connectivity index (χ4v) is 1.44. The normalized spacial score (nSPS) is 9.61. The number of nitrogens with one attached hydrogen (secondary N) is 1. The van der Waals surface area contributed by atoms with Gasteiger partial charge < -0.3 is 9.47 Å². The smallest absolute Gasteiger partial charge is 0.411 e. The number of para-hydroxylation sites is 3. The minimum absolute atomic E-state index is 0.529. The minimum atomic E-state index is -0.529. The van der Waals surface area contributed by atoms with Crippen LogP contribution in [0.4, 0.5) is 10.5 Å². The first-order valence-electron chi connectivity index (χ1n) is 5.46. The molecule has 0 saturated carbocycles. The fraction of sp³-hybridized carbons (Fsp3) is 0.0714. The maximum atomic E-state index is 11.2. The van der Waals surface area contributed by atoms with Crippen LogP contribution in [0, 0.1) is 0 Å². The van der Waals surface area contributed by atoms with Crippen LogP contribution in [0.25, 0.3) is 0 Å². The van der Waals surface area contributed by atoms with Gasteiger partial charge in [0.1, 0.15) is 5.75 Å². The number of carbonyl (C=O) groups is 1. The summed E-state index contributed by atoms with van der Waals surface area (Å²) in [4.78, 5) is 11.2. The molecule has 2 aromatic carbocycles. The van der Waals surface area contributed by atoms with Crippen molar-refractivity contribution < 1.29 is 14.3 Å². The summed E-state index contributed by atoms with van der Waals surface area (Å²) >= 11 is 0. The molecule has 0 heterocycles. The Morgan fingerprint density at radius 3 is 2.39 bits per heavy atom. The van der Waals surface area contributed by atoms with Gasteiger partial charge in [0.05, 0.1) is 12.8 Å². The Bertz CT molecular complexity index is 526. The van der Waals surface area contributed by atoms with Crippen LogP contribution in [0.2, 0.25) is 0 Å². The van der Waals surface area contributed by atoms with Crippen LogP contribution in [-0.4, -0.2) is 13.2 Å². The Morgan fingerprint density at radius 1 is 1.00 bits per heavy atom. The minimum Gasteiger partial charge on any atom is -0.455 e. The number of amides is 1. The quantitative estimate of drug-likeness (QED) is 0.894. The molecule has 18 heavy (non-hydrogen) atoms. The lowest BCUT2D eigenvalue weighted by Crippen LogP contribution is -2.11. The number of ether oxygens (including phenoxy) is 2. The van der Waals surface area contributed by atoms with Gasteiger partial charge >= 0.3 is 6.09 Å². The molecule has 0 aliphatic heterocycles. The van der Waals surface area contributed by atoms with Gasteiger partial charge in [-0.3, -0.25) is 5.32 Å². The van der Waals surface area contributed by atoms with E-state index in [9.17, 15) is 4.79 Å². The summed E-state index contributed by atoms with van der Waals surface area (Å²) in [6, 6.07) is 16.5. The monoisotopic (exact) mass is 243 g/mol. The van der Waals surface area contributed by atoms with Crippen molar-refractivity contribution in [2.75, 3.05) is 12.4 Å². The summed E-state index contributed by atoms with van der Waals surface area (Å²) in [6.45, 7) is 0. The molecule has 0 aliphatic carbocycles. The summed E-state index contributed by atoms with van der Waals surface area (Å²) in [5.74, 6) is 1.27. The number of benzene rings is 2. The van der Waals surface area contributed by atoms with E-state index in [1.807, 2.05) is 42.5 Å². The van der Waals surface area contributed by atoms with Crippen molar-refractivity contribution in [3.63, 3.8) is 0 Å². The maximum absolute atomic E-state index is 11.2. The van der Waals surface area contributed by atoms with Gasteiger partial charge in [-0.25, -0.2) is 4.79 Å². The van der Waals surface area contributed by atoms with E-state index in [2.05, 4.69) is 10.1 Å². The molecule has 0 bridgehead atoms. The van der Waals surface area contributed by atoms with E-state index < -0.39 is 6.09 Å². The van der Waals surface area contributed by atoms with Gasteiger partial charge in [0.25, 0.3) is 0 Å². The van der Waals surface area contributed by atoms with E-state index in [-0.39, 0.29) is 0 Å². The highest BCUT2D eigenvalue weighted by molar-refractivity contribution is 5.86. The summed E-state index contributed by atoms with van der Waals surface area (Å²) in [5, 5.41) is 2.59. The van der Waals surface area contributed by atoms with Crippen molar-refractivity contribution in [1.29, 1.82) is 0 Å². The molecule has 2 rings (SSSR count). The first kappa shape index (κ1) is 12.0. The molecule has 0 atom stereocenters. The molecule has 4 heteroatoms. The second-order valence-electron chi connectivity index (χ2n) is 3.53. The molecular formula is C14H13NO3. The second-order valence-corrected chi connectivity index (χ2v) is 3.53. The molecular weight excluding hydrogens is 230 g/mol. The van der Waals surface area contributed by atoms with Crippen molar-refractivity contribution in [2.45, 2.75) is 0 Å². The van der Waals surface area contributed by atoms with Crippen LogP contribution < -0.4 is 10.1 Å². The van der Waals surface area contributed by atoms with Gasteiger partial charge in [0.15, 0.2) is 5.75 Å². The number of methoxy groups -OCH3 is 1. The van der Waals surface area contributed by atoms with Gasteiger partial charge in [-0.15, -0.1) is 0 Å². The first-order valence-corrected chi connectivity index (χ1v) is 5.46. The molecule has 0 fully saturated rings. The number of hydrogen-bond donors (Lipinski definition) is 1. The Hall–Kier alpha value is -2.49. The molecule has 92 valence electrons. The largest absolute Gasteiger partial charge is 0.455 e. The average Bonchev–Trinajstić information content (AvgIpc) is 2.42. The van der Waals surface area contributed by atoms with E-state index in [1.165, 1.54) is 7.11 Å². The van der Waals surface area contributed by atoms with Crippen LogP contribution in [0.15, 0.2) is 54.6 Å². The van der Waals surface area contributed by atoms with Crippen molar-refractivity contribution in [1.82, 2.24) is 0 Å². The van der Waals surface area contributed by atoms with E-state index in [1.54, 1.807) is 12.1 Å². The third-order valence-electron chi connectivity index (χ3n) is 2.28. The Morgan fingerprint density at radius 2 is 1.67 bits per heavy atom. The predicted molar refractivity (Wildman–Crippen MR) is 69.0 cm³/mol. The molecule has 2 aromatic rings. The topological polar surface area (TPSA) is 47.6 Å². The van der Waals surface area contributed by atoms with Gasteiger partial charge in [0, 0.05) is 0 Å². The molecule has 4 nitrogen and oxygen atoms in total. The Balaban J connectivity index is 2.20. The van der Waals surface area contributed by atoms with Crippen LogP contribution in [0.5, 0.6) is 11.5 Å². The summed E-state index contributed by atoms with van der Waals surface area (Å²) in [5.41, 5.74) is 0.563. The Kier molecular flexibility index (Phi) is 3.81. The number of rotatable bonds is 3. The summed E-state index contributed by atoms with van der Waals surface area (Å²) in [6.07, 6.45) is -0.529. The molecule has 0 saturated heterocycles. The molecule has 0 aromatic heterocycles. The number of anilines is 1. The third-order valence-corrected chi connectivity index (χ3v) is 2.28. The van der Waals surface area contributed by atoms with E-state index in [4.69, 9.17) is 4.74 Å².